The Labute approximate surface area is 136 Å². The van der Waals surface area contributed by atoms with Crippen LogP contribution < -0.4 is 0 Å². The van der Waals surface area contributed by atoms with Gasteiger partial charge in [-0.3, -0.25) is 9.69 Å². The number of nitrogens with zero attached hydrogens (tertiary/aromatic N) is 2. The van der Waals surface area contributed by atoms with Crippen molar-refractivity contribution in [3.63, 3.8) is 0 Å². The molecule has 0 saturated carbocycles. The Bertz CT molecular complexity index is 503. The Morgan fingerprint density at radius 2 is 2.00 bits per heavy atom. The highest BCUT2D eigenvalue weighted by molar-refractivity contribution is 5.76. The molecule has 6 nitrogen and oxygen atoms in total. The largest absolute Gasteiger partial charge is 0.480 e. The van der Waals surface area contributed by atoms with Gasteiger partial charge < -0.3 is 14.7 Å². The van der Waals surface area contributed by atoms with Crippen LogP contribution in [0.1, 0.15) is 18.9 Å². The molecule has 1 aromatic carbocycles. The quantitative estimate of drug-likeness (QED) is 0.729. The van der Waals surface area contributed by atoms with E-state index in [-0.39, 0.29) is 6.17 Å². The summed E-state index contributed by atoms with van der Waals surface area (Å²) in [6, 6.07) is 8.53. The molecule has 1 unspecified atom stereocenters. The molecule has 0 bridgehead atoms. The second-order valence-corrected chi connectivity index (χ2v) is 5.63. The second kappa shape index (κ2) is 8.64. The minimum atomic E-state index is -0.979. The van der Waals surface area contributed by atoms with Crippen LogP contribution in [0.25, 0.3) is 0 Å². The third kappa shape index (κ3) is 4.53. The Morgan fingerprint density at radius 3 is 2.52 bits per heavy atom. The van der Waals surface area contributed by atoms with Crippen molar-refractivity contribution in [2.75, 3.05) is 26.3 Å². The van der Waals surface area contributed by atoms with E-state index in [2.05, 4.69) is 4.90 Å². The number of aliphatic carboxylic acids is 1. The molecule has 1 amide bonds. The molecule has 1 N–H and O–H groups in total. The summed E-state index contributed by atoms with van der Waals surface area (Å²) in [6.45, 7) is 4.61. The van der Waals surface area contributed by atoms with Crippen molar-refractivity contribution in [1.29, 1.82) is 0 Å². The summed E-state index contributed by atoms with van der Waals surface area (Å²) in [5.41, 5.74) is 0.906. The average Bonchev–Trinajstić information content (AvgIpc) is 2.59. The minimum absolute atomic E-state index is 0.221. The fourth-order valence-corrected chi connectivity index (χ4v) is 3.04. The van der Waals surface area contributed by atoms with Crippen LogP contribution in [0, 0.1) is 0 Å². The minimum Gasteiger partial charge on any atom is -0.480 e. The van der Waals surface area contributed by atoms with E-state index in [1.165, 1.54) is 4.90 Å². The molecule has 0 aliphatic carbocycles. The SMILES string of the molecule is CCC(N1CCOCC1)N(C=O)[C@H](Cc1ccccc1)C(=O)O. The Kier molecular flexibility index (Phi) is 6.55. The summed E-state index contributed by atoms with van der Waals surface area (Å²) in [4.78, 5) is 27.0. The number of carbonyl (C=O) groups is 2. The van der Waals surface area contributed by atoms with Crippen molar-refractivity contribution in [3.05, 3.63) is 35.9 Å². The van der Waals surface area contributed by atoms with E-state index in [1.54, 1.807) is 0 Å². The number of carboxylic acid groups (broad SMARTS) is 1. The van der Waals surface area contributed by atoms with Gasteiger partial charge in [-0.05, 0) is 12.0 Å². The molecule has 1 fully saturated rings. The summed E-state index contributed by atoms with van der Waals surface area (Å²) >= 11 is 0. The van der Waals surface area contributed by atoms with Gasteiger partial charge in [-0.15, -0.1) is 0 Å². The molecule has 1 saturated heterocycles. The highest BCUT2D eigenvalue weighted by Gasteiger charge is 2.33. The fourth-order valence-electron chi connectivity index (χ4n) is 3.04. The average molecular weight is 320 g/mol. The van der Waals surface area contributed by atoms with Crippen molar-refractivity contribution in [3.8, 4) is 0 Å². The molecule has 23 heavy (non-hydrogen) atoms. The summed E-state index contributed by atoms with van der Waals surface area (Å²) < 4.78 is 5.35. The van der Waals surface area contributed by atoms with Crippen LogP contribution in [0.5, 0.6) is 0 Å². The van der Waals surface area contributed by atoms with Crippen molar-refractivity contribution in [2.45, 2.75) is 32.0 Å². The summed E-state index contributed by atoms with van der Waals surface area (Å²) in [5.74, 6) is -0.979. The molecule has 1 heterocycles. The summed E-state index contributed by atoms with van der Waals surface area (Å²) in [7, 11) is 0. The van der Waals surface area contributed by atoms with Gasteiger partial charge in [0.05, 0.1) is 19.4 Å². The predicted octanol–water partition coefficient (Wildman–Crippen LogP) is 1.21. The van der Waals surface area contributed by atoms with Crippen LogP contribution in [0.2, 0.25) is 0 Å². The van der Waals surface area contributed by atoms with E-state index in [0.717, 1.165) is 5.56 Å². The third-order valence-corrected chi connectivity index (χ3v) is 4.22. The standard InChI is InChI=1S/C17H24N2O4/c1-2-16(18-8-10-23-11-9-18)19(13-20)15(17(21)22)12-14-6-4-3-5-7-14/h3-7,13,15-16H,2,8-12H2,1H3,(H,21,22)/t15-,16?/m1/s1. The van der Waals surface area contributed by atoms with Gasteiger partial charge in [0.2, 0.25) is 6.41 Å². The number of hydrogen-bond donors (Lipinski definition) is 1. The number of amides is 1. The van der Waals surface area contributed by atoms with Crippen LogP contribution in [-0.4, -0.2) is 65.8 Å². The lowest BCUT2D eigenvalue weighted by Crippen LogP contribution is -2.57. The first-order valence-electron chi connectivity index (χ1n) is 7.98. The molecule has 2 rings (SSSR count). The molecule has 2 atom stereocenters. The zero-order chi connectivity index (χ0) is 16.7. The van der Waals surface area contributed by atoms with E-state index >= 15 is 0 Å². The van der Waals surface area contributed by atoms with Gasteiger partial charge in [0.25, 0.3) is 0 Å². The molecular weight excluding hydrogens is 296 g/mol. The zero-order valence-electron chi connectivity index (χ0n) is 13.4. The van der Waals surface area contributed by atoms with Gasteiger partial charge in [-0.2, -0.15) is 0 Å². The molecule has 0 spiro atoms. The van der Waals surface area contributed by atoms with E-state index in [0.29, 0.717) is 45.6 Å². The highest BCUT2D eigenvalue weighted by Crippen LogP contribution is 2.17. The number of carboxylic acids is 1. The van der Waals surface area contributed by atoms with Crippen LogP contribution in [0.15, 0.2) is 30.3 Å². The van der Waals surface area contributed by atoms with Crippen LogP contribution in [-0.2, 0) is 20.7 Å². The number of rotatable bonds is 8. The van der Waals surface area contributed by atoms with Gasteiger partial charge in [0.15, 0.2) is 0 Å². The van der Waals surface area contributed by atoms with E-state index < -0.39 is 12.0 Å². The molecule has 0 radical (unpaired) electrons. The Morgan fingerprint density at radius 1 is 1.35 bits per heavy atom. The number of benzene rings is 1. The molecule has 1 aliphatic rings. The van der Waals surface area contributed by atoms with Crippen molar-refractivity contribution >= 4 is 12.4 Å². The molecule has 1 aromatic rings. The Balaban J connectivity index is 2.18. The van der Waals surface area contributed by atoms with Gasteiger partial charge in [-0.25, -0.2) is 4.79 Å². The lowest BCUT2D eigenvalue weighted by molar-refractivity contribution is -0.152. The normalized spacial score (nSPS) is 18.1. The first-order valence-corrected chi connectivity index (χ1v) is 7.98. The smallest absolute Gasteiger partial charge is 0.326 e. The summed E-state index contributed by atoms with van der Waals surface area (Å²) in [6.07, 6.45) is 1.43. The number of carbonyl (C=O) groups excluding carboxylic acids is 1. The first-order chi connectivity index (χ1) is 11.2. The van der Waals surface area contributed by atoms with E-state index in [9.17, 15) is 14.7 Å². The predicted molar refractivity (Wildman–Crippen MR) is 85.9 cm³/mol. The molecule has 126 valence electrons. The zero-order valence-corrected chi connectivity index (χ0v) is 13.4. The van der Waals surface area contributed by atoms with Gasteiger partial charge in [-0.1, -0.05) is 37.3 Å². The Hall–Kier alpha value is -1.92. The van der Waals surface area contributed by atoms with Crippen molar-refractivity contribution in [1.82, 2.24) is 9.80 Å². The van der Waals surface area contributed by atoms with E-state index in [4.69, 9.17) is 4.74 Å². The molecule has 1 aliphatic heterocycles. The van der Waals surface area contributed by atoms with Gasteiger partial charge in [0, 0.05) is 19.5 Å². The monoisotopic (exact) mass is 320 g/mol. The first kappa shape index (κ1) is 17.4. The summed E-state index contributed by atoms with van der Waals surface area (Å²) in [5, 5.41) is 9.64. The maximum absolute atomic E-state index is 11.8. The van der Waals surface area contributed by atoms with Crippen molar-refractivity contribution < 1.29 is 19.4 Å². The topological polar surface area (TPSA) is 70.1 Å². The molecule has 0 aromatic heterocycles. The van der Waals surface area contributed by atoms with Crippen molar-refractivity contribution in [2.24, 2.45) is 0 Å². The number of hydrogen-bond acceptors (Lipinski definition) is 4. The van der Waals surface area contributed by atoms with Crippen LogP contribution in [0.4, 0.5) is 0 Å². The second-order valence-electron chi connectivity index (χ2n) is 5.63. The third-order valence-electron chi connectivity index (χ3n) is 4.22. The lowest BCUT2D eigenvalue weighted by Gasteiger charge is -2.41. The number of morpholine rings is 1. The molecule has 6 heteroatoms. The van der Waals surface area contributed by atoms with E-state index in [1.807, 2.05) is 37.3 Å². The molecular formula is C17H24N2O4. The lowest BCUT2D eigenvalue weighted by atomic mass is 10.0. The maximum Gasteiger partial charge on any atom is 0.326 e. The van der Waals surface area contributed by atoms with Crippen LogP contribution in [0.3, 0.4) is 0 Å². The number of ether oxygens (including phenoxy) is 1. The van der Waals surface area contributed by atoms with Crippen LogP contribution >= 0.6 is 0 Å². The van der Waals surface area contributed by atoms with Gasteiger partial charge >= 0.3 is 5.97 Å². The maximum atomic E-state index is 11.8. The highest BCUT2D eigenvalue weighted by atomic mass is 16.5. The fraction of sp³-hybridized carbons (Fsp3) is 0.529. The van der Waals surface area contributed by atoms with Gasteiger partial charge in [0.1, 0.15) is 6.04 Å².